The molecule has 196 valence electrons. The van der Waals surface area contributed by atoms with Crippen molar-refractivity contribution in [1.82, 2.24) is 14.5 Å². The van der Waals surface area contributed by atoms with Crippen LogP contribution in [0, 0.1) is 5.92 Å². The smallest absolute Gasteiger partial charge is 0.244 e. The van der Waals surface area contributed by atoms with Crippen molar-refractivity contribution in [2.45, 2.75) is 50.7 Å². The quantitative estimate of drug-likeness (QED) is 0.506. The molecule has 1 unspecified atom stereocenters. The monoisotopic (exact) mass is 523 g/mol. The summed E-state index contributed by atoms with van der Waals surface area (Å²) in [7, 11) is -3.86. The number of amides is 2. The maximum Gasteiger partial charge on any atom is 0.244 e. The number of benzene rings is 2. The fourth-order valence-corrected chi connectivity index (χ4v) is 6.28. The Morgan fingerprint density at radius 1 is 1.03 bits per heavy atom. The molecule has 1 aliphatic heterocycles. The molecule has 3 aromatic rings. The number of carbonyl (C=O) groups is 2. The van der Waals surface area contributed by atoms with Crippen molar-refractivity contribution in [3.8, 4) is 11.3 Å². The van der Waals surface area contributed by atoms with Gasteiger partial charge in [0, 0.05) is 31.1 Å². The van der Waals surface area contributed by atoms with E-state index in [1.165, 1.54) is 16.4 Å². The van der Waals surface area contributed by atoms with Crippen LogP contribution in [0.5, 0.6) is 0 Å². The number of piperazine rings is 1. The highest BCUT2D eigenvalue weighted by molar-refractivity contribution is 7.89. The van der Waals surface area contributed by atoms with E-state index < -0.39 is 27.5 Å². The molecule has 2 heterocycles. The van der Waals surface area contributed by atoms with E-state index in [9.17, 15) is 18.0 Å². The predicted molar refractivity (Wildman–Crippen MR) is 141 cm³/mol. The first kappa shape index (κ1) is 26.6. The molecule has 9 heteroatoms. The van der Waals surface area contributed by atoms with Crippen LogP contribution in [0.25, 0.3) is 11.3 Å². The van der Waals surface area contributed by atoms with E-state index >= 15 is 0 Å². The summed E-state index contributed by atoms with van der Waals surface area (Å²) in [5.41, 5.74) is 0.896. The summed E-state index contributed by atoms with van der Waals surface area (Å²) < 4.78 is 33.6. The molecule has 1 N–H and O–H groups in total. The van der Waals surface area contributed by atoms with Crippen molar-refractivity contribution in [1.29, 1.82) is 0 Å². The van der Waals surface area contributed by atoms with Crippen LogP contribution < -0.4 is 5.32 Å². The normalized spacial score (nSPS) is 18.1. The van der Waals surface area contributed by atoms with Crippen molar-refractivity contribution in [3.05, 3.63) is 78.6 Å². The summed E-state index contributed by atoms with van der Waals surface area (Å²) in [6, 6.07) is 18.5. The second-order valence-electron chi connectivity index (χ2n) is 10.2. The lowest BCUT2D eigenvalue weighted by Crippen LogP contribution is -2.70. The highest BCUT2D eigenvalue weighted by Crippen LogP contribution is 2.31. The molecule has 1 fully saturated rings. The molecule has 2 amide bonds. The zero-order chi connectivity index (χ0) is 26.8. The van der Waals surface area contributed by atoms with E-state index in [0.717, 1.165) is 16.9 Å². The Hall–Kier alpha value is -3.43. The number of sulfonamides is 1. The lowest BCUT2D eigenvalue weighted by molar-refractivity contribution is -0.154. The highest BCUT2D eigenvalue weighted by atomic mass is 32.2. The highest BCUT2D eigenvalue weighted by Gasteiger charge is 2.49. The molecule has 0 bridgehead atoms. The molecule has 0 radical (unpaired) electrons. The number of hydrogen-bond acceptors (Lipinski definition) is 5. The van der Waals surface area contributed by atoms with Crippen molar-refractivity contribution in [2.24, 2.45) is 5.92 Å². The topological polar surface area (TPSA) is 99.9 Å². The zero-order valence-corrected chi connectivity index (χ0v) is 22.4. The Morgan fingerprint density at radius 2 is 1.70 bits per heavy atom. The zero-order valence-electron chi connectivity index (χ0n) is 21.5. The van der Waals surface area contributed by atoms with Gasteiger partial charge in [0.1, 0.15) is 11.8 Å². The molecule has 0 aliphatic carbocycles. The largest absolute Gasteiger partial charge is 0.464 e. The van der Waals surface area contributed by atoms with Crippen molar-refractivity contribution in [3.63, 3.8) is 0 Å². The first-order chi connectivity index (χ1) is 17.5. The van der Waals surface area contributed by atoms with Gasteiger partial charge in [-0.25, -0.2) is 8.42 Å². The third kappa shape index (κ3) is 5.62. The van der Waals surface area contributed by atoms with Crippen LogP contribution >= 0.6 is 0 Å². The first-order valence-corrected chi connectivity index (χ1v) is 13.7. The molecular formula is C28H33N3O5S. The van der Waals surface area contributed by atoms with E-state index in [2.05, 4.69) is 5.32 Å². The van der Waals surface area contributed by atoms with Crippen molar-refractivity contribution < 1.29 is 22.4 Å². The van der Waals surface area contributed by atoms with Gasteiger partial charge in [-0.2, -0.15) is 4.31 Å². The summed E-state index contributed by atoms with van der Waals surface area (Å²) in [5.74, 6) is -0.182. The van der Waals surface area contributed by atoms with Crippen LogP contribution in [0.3, 0.4) is 0 Å². The second kappa shape index (κ2) is 10.5. The third-order valence-corrected chi connectivity index (χ3v) is 8.37. The first-order valence-electron chi connectivity index (χ1n) is 12.3. The second-order valence-corrected chi connectivity index (χ2v) is 12.1. The lowest BCUT2D eigenvalue weighted by atomic mass is 9.93. The summed E-state index contributed by atoms with van der Waals surface area (Å²) in [5, 5.41) is 2.92. The minimum atomic E-state index is -3.86. The Bertz CT molecular complexity index is 1330. The summed E-state index contributed by atoms with van der Waals surface area (Å²) in [4.78, 5) is 28.5. The fraction of sp³-hybridized carbons (Fsp3) is 0.357. The fourth-order valence-electron chi connectivity index (χ4n) is 4.66. The van der Waals surface area contributed by atoms with Crippen molar-refractivity contribution in [2.75, 3.05) is 13.1 Å². The van der Waals surface area contributed by atoms with E-state index in [1.807, 2.05) is 36.4 Å². The number of rotatable bonds is 7. The minimum absolute atomic E-state index is 0.0840. The standard InChI is InChI=1S/C28H33N3O5S/c1-20(2)27(33)31-24(18-30(19-28(31,3)4)37(34,35)23-9-6-5-7-10-23)26(32)29-17-21-12-14-22(15-13-21)25-11-8-16-36-25/h5-16,20,24H,17-19H2,1-4H3,(H,29,32). The molecule has 0 spiro atoms. The molecule has 2 aromatic carbocycles. The average Bonchev–Trinajstić information content (AvgIpc) is 3.42. The van der Waals surface area contributed by atoms with E-state index in [0.29, 0.717) is 0 Å². The average molecular weight is 524 g/mol. The van der Waals surface area contributed by atoms with Gasteiger partial charge in [0.05, 0.1) is 16.7 Å². The van der Waals surface area contributed by atoms with Gasteiger partial charge >= 0.3 is 0 Å². The molecule has 1 aromatic heterocycles. The van der Waals surface area contributed by atoms with Gasteiger partial charge in [0.15, 0.2) is 0 Å². The lowest BCUT2D eigenvalue weighted by Gasteiger charge is -2.51. The minimum Gasteiger partial charge on any atom is -0.464 e. The van der Waals surface area contributed by atoms with Crippen LogP contribution in [0.2, 0.25) is 0 Å². The number of hydrogen-bond donors (Lipinski definition) is 1. The van der Waals surface area contributed by atoms with E-state index in [1.54, 1.807) is 57.1 Å². The Labute approximate surface area is 218 Å². The van der Waals surface area contributed by atoms with Crippen LogP contribution in [-0.2, 0) is 26.2 Å². The van der Waals surface area contributed by atoms with Gasteiger partial charge < -0.3 is 14.6 Å². The maximum atomic E-state index is 13.5. The Morgan fingerprint density at radius 3 is 2.30 bits per heavy atom. The predicted octanol–water partition coefficient (Wildman–Crippen LogP) is 3.90. The summed E-state index contributed by atoms with van der Waals surface area (Å²) in [6.45, 7) is 7.36. The maximum absolute atomic E-state index is 13.5. The van der Waals surface area contributed by atoms with Crippen LogP contribution in [-0.4, -0.2) is 54.1 Å². The van der Waals surface area contributed by atoms with Gasteiger partial charge in [-0.3, -0.25) is 9.59 Å². The van der Waals surface area contributed by atoms with Crippen molar-refractivity contribution >= 4 is 21.8 Å². The third-order valence-electron chi connectivity index (χ3n) is 6.55. The molecule has 8 nitrogen and oxygen atoms in total. The van der Waals surface area contributed by atoms with E-state index in [-0.39, 0.29) is 36.4 Å². The Balaban J connectivity index is 1.57. The summed E-state index contributed by atoms with van der Waals surface area (Å²) in [6.07, 6.45) is 1.61. The van der Waals surface area contributed by atoms with Crippen LogP contribution in [0.1, 0.15) is 33.3 Å². The van der Waals surface area contributed by atoms with Crippen LogP contribution in [0.15, 0.2) is 82.3 Å². The Kier molecular flexibility index (Phi) is 7.57. The van der Waals surface area contributed by atoms with Gasteiger partial charge in [-0.05, 0) is 43.7 Å². The number of nitrogens with zero attached hydrogens (tertiary/aromatic N) is 2. The molecule has 1 saturated heterocycles. The number of furan rings is 1. The van der Waals surface area contributed by atoms with Gasteiger partial charge in [0.2, 0.25) is 21.8 Å². The SMILES string of the molecule is CC(C)C(=O)N1C(C(=O)NCc2ccc(-c3ccco3)cc2)CN(S(=O)(=O)c2ccccc2)CC1(C)C. The molecule has 4 rings (SSSR count). The molecule has 1 aliphatic rings. The molecule has 1 atom stereocenters. The number of nitrogens with one attached hydrogen (secondary N) is 1. The van der Waals surface area contributed by atoms with Crippen LogP contribution in [0.4, 0.5) is 0 Å². The van der Waals surface area contributed by atoms with Gasteiger partial charge in [-0.1, -0.05) is 56.3 Å². The molecule has 0 saturated carbocycles. The van der Waals surface area contributed by atoms with E-state index in [4.69, 9.17) is 4.42 Å². The molecular weight excluding hydrogens is 490 g/mol. The van der Waals surface area contributed by atoms with Gasteiger partial charge in [0.25, 0.3) is 0 Å². The van der Waals surface area contributed by atoms with Gasteiger partial charge in [-0.15, -0.1) is 0 Å². The number of carbonyl (C=O) groups excluding carboxylic acids is 2. The molecule has 37 heavy (non-hydrogen) atoms. The summed E-state index contributed by atoms with van der Waals surface area (Å²) >= 11 is 0.